The van der Waals surface area contributed by atoms with Crippen molar-refractivity contribution in [3.05, 3.63) is 23.3 Å². The first-order valence-electron chi connectivity index (χ1n) is 7.05. The van der Waals surface area contributed by atoms with Gasteiger partial charge in [-0.3, -0.25) is 0 Å². The summed E-state index contributed by atoms with van der Waals surface area (Å²) in [6.45, 7) is 5.44. The molecule has 0 radical (unpaired) electrons. The number of ether oxygens (including phenoxy) is 2. The van der Waals surface area contributed by atoms with Crippen LogP contribution in [0.15, 0.2) is 12.1 Å². The monoisotopic (exact) mass is 265 g/mol. The minimum atomic E-state index is 0.788. The Morgan fingerprint density at radius 3 is 2.47 bits per heavy atom. The predicted octanol–water partition coefficient (Wildman–Crippen LogP) is 3.05. The van der Waals surface area contributed by atoms with Gasteiger partial charge in [0, 0.05) is 5.56 Å². The number of hydrogen-bond donors (Lipinski definition) is 1. The average molecular weight is 265 g/mol. The Kier molecular flexibility index (Phi) is 6.71. The molecule has 0 spiro atoms. The molecule has 0 saturated heterocycles. The summed E-state index contributed by atoms with van der Waals surface area (Å²) in [4.78, 5) is 0. The summed E-state index contributed by atoms with van der Waals surface area (Å²) in [5, 5.41) is 2.93. The van der Waals surface area contributed by atoms with E-state index >= 15 is 0 Å². The Hall–Kier alpha value is -1.22. The maximum atomic E-state index is 5.44. The maximum Gasteiger partial charge on any atom is 0.164 e. The van der Waals surface area contributed by atoms with Crippen LogP contribution < -0.4 is 14.8 Å². The van der Waals surface area contributed by atoms with Gasteiger partial charge in [0.1, 0.15) is 0 Å². The van der Waals surface area contributed by atoms with Gasteiger partial charge >= 0.3 is 0 Å². The van der Waals surface area contributed by atoms with E-state index in [0.717, 1.165) is 36.8 Å². The molecule has 19 heavy (non-hydrogen) atoms. The fourth-order valence-corrected chi connectivity index (χ4v) is 2.37. The van der Waals surface area contributed by atoms with Gasteiger partial charge in [-0.15, -0.1) is 0 Å². The molecule has 1 aromatic carbocycles. The largest absolute Gasteiger partial charge is 0.493 e. The molecule has 0 fully saturated rings. The van der Waals surface area contributed by atoms with Gasteiger partial charge in [0.2, 0.25) is 0 Å². The Bertz CT molecular complexity index is 389. The van der Waals surface area contributed by atoms with Gasteiger partial charge in [-0.2, -0.15) is 0 Å². The predicted molar refractivity (Wildman–Crippen MR) is 80.3 cm³/mol. The molecule has 2 rings (SSSR count). The molecule has 0 bridgehead atoms. The van der Waals surface area contributed by atoms with Gasteiger partial charge in [-0.1, -0.05) is 19.9 Å². The molecule has 1 unspecified atom stereocenters. The average Bonchev–Trinajstić information content (AvgIpc) is 2.45. The SMILES string of the molecule is CCNC.COc1ccc2c(c1OC)CCC(C)C2. The highest BCUT2D eigenvalue weighted by molar-refractivity contribution is 5.51. The third kappa shape index (κ3) is 4.13. The van der Waals surface area contributed by atoms with Crippen molar-refractivity contribution in [3.8, 4) is 11.5 Å². The molecule has 0 amide bonds. The van der Waals surface area contributed by atoms with Crippen LogP contribution in [0.1, 0.15) is 31.4 Å². The number of fused-ring (bicyclic) bond motifs is 1. The summed E-state index contributed by atoms with van der Waals surface area (Å²) in [6.07, 6.45) is 3.52. The van der Waals surface area contributed by atoms with Crippen LogP contribution in [-0.4, -0.2) is 27.8 Å². The van der Waals surface area contributed by atoms with Crippen LogP contribution in [0.25, 0.3) is 0 Å². The van der Waals surface area contributed by atoms with E-state index in [0.29, 0.717) is 0 Å². The van der Waals surface area contributed by atoms with Crippen LogP contribution in [0, 0.1) is 5.92 Å². The van der Waals surface area contributed by atoms with E-state index in [2.05, 4.69) is 25.2 Å². The Morgan fingerprint density at radius 1 is 1.26 bits per heavy atom. The molecule has 1 aromatic rings. The zero-order valence-corrected chi connectivity index (χ0v) is 12.9. The molecule has 3 heteroatoms. The van der Waals surface area contributed by atoms with Crippen LogP contribution in [0.2, 0.25) is 0 Å². The van der Waals surface area contributed by atoms with Crippen molar-refractivity contribution in [3.63, 3.8) is 0 Å². The highest BCUT2D eigenvalue weighted by Gasteiger charge is 2.20. The van der Waals surface area contributed by atoms with Crippen LogP contribution in [0.3, 0.4) is 0 Å². The minimum absolute atomic E-state index is 0.788. The van der Waals surface area contributed by atoms with Crippen molar-refractivity contribution < 1.29 is 9.47 Å². The highest BCUT2D eigenvalue weighted by atomic mass is 16.5. The van der Waals surface area contributed by atoms with E-state index in [9.17, 15) is 0 Å². The van der Waals surface area contributed by atoms with E-state index in [1.807, 2.05) is 13.1 Å². The summed E-state index contributed by atoms with van der Waals surface area (Å²) in [6, 6.07) is 4.18. The first-order chi connectivity index (χ1) is 9.17. The van der Waals surface area contributed by atoms with Crippen molar-refractivity contribution in [2.45, 2.75) is 33.1 Å². The molecule has 0 aliphatic heterocycles. The molecule has 0 heterocycles. The van der Waals surface area contributed by atoms with Crippen molar-refractivity contribution in [2.24, 2.45) is 5.92 Å². The van der Waals surface area contributed by atoms with E-state index in [-0.39, 0.29) is 0 Å². The van der Waals surface area contributed by atoms with E-state index in [1.165, 1.54) is 17.5 Å². The van der Waals surface area contributed by atoms with Crippen molar-refractivity contribution in [1.29, 1.82) is 0 Å². The number of benzene rings is 1. The van der Waals surface area contributed by atoms with Gasteiger partial charge in [0.25, 0.3) is 0 Å². The number of rotatable bonds is 3. The normalized spacial score (nSPS) is 17.0. The van der Waals surface area contributed by atoms with E-state index in [1.54, 1.807) is 14.2 Å². The lowest BCUT2D eigenvalue weighted by Gasteiger charge is -2.24. The summed E-state index contributed by atoms with van der Waals surface area (Å²) >= 11 is 0. The Morgan fingerprint density at radius 2 is 1.95 bits per heavy atom. The standard InChI is InChI=1S/C13H18O2.C3H9N/c1-9-4-6-11-10(8-9)5-7-12(14-2)13(11)15-3;1-3-4-2/h5,7,9H,4,6,8H2,1-3H3;4H,3H2,1-2H3. The molecule has 108 valence electrons. The van der Waals surface area contributed by atoms with Crippen molar-refractivity contribution in [2.75, 3.05) is 27.8 Å². The van der Waals surface area contributed by atoms with E-state index < -0.39 is 0 Å². The van der Waals surface area contributed by atoms with Crippen LogP contribution in [0.5, 0.6) is 11.5 Å². The topological polar surface area (TPSA) is 30.5 Å². The molecule has 0 saturated carbocycles. The van der Waals surface area contributed by atoms with E-state index in [4.69, 9.17) is 9.47 Å². The molecule has 1 atom stereocenters. The first kappa shape index (κ1) is 15.8. The Labute approximate surface area is 117 Å². The quantitative estimate of drug-likeness (QED) is 0.911. The minimum Gasteiger partial charge on any atom is -0.493 e. The molecular formula is C16H27NO2. The lowest BCUT2D eigenvalue weighted by atomic mass is 9.84. The van der Waals surface area contributed by atoms with Crippen LogP contribution in [0.4, 0.5) is 0 Å². The molecule has 0 aromatic heterocycles. The fraction of sp³-hybridized carbons (Fsp3) is 0.625. The van der Waals surface area contributed by atoms with Gasteiger partial charge < -0.3 is 14.8 Å². The summed E-state index contributed by atoms with van der Waals surface area (Å²) in [5.41, 5.74) is 2.77. The van der Waals surface area contributed by atoms with Crippen LogP contribution >= 0.6 is 0 Å². The highest BCUT2D eigenvalue weighted by Crippen LogP contribution is 2.38. The molecule has 3 nitrogen and oxygen atoms in total. The zero-order chi connectivity index (χ0) is 14.3. The first-order valence-corrected chi connectivity index (χ1v) is 7.05. The lowest BCUT2D eigenvalue weighted by Crippen LogP contribution is -2.12. The second kappa shape index (κ2) is 8.05. The second-order valence-corrected chi connectivity index (χ2v) is 4.99. The molecular weight excluding hydrogens is 238 g/mol. The lowest BCUT2D eigenvalue weighted by molar-refractivity contribution is 0.347. The fourth-order valence-electron chi connectivity index (χ4n) is 2.37. The third-order valence-electron chi connectivity index (χ3n) is 3.55. The number of hydrogen-bond acceptors (Lipinski definition) is 3. The smallest absolute Gasteiger partial charge is 0.164 e. The second-order valence-electron chi connectivity index (χ2n) is 4.99. The maximum absolute atomic E-state index is 5.44. The summed E-state index contributed by atoms with van der Waals surface area (Å²) < 4.78 is 10.7. The van der Waals surface area contributed by atoms with Gasteiger partial charge in [-0.25, -0.2) is 0 Å². The van der Waals surface area contributed by atoms with Gasteiger partial charge in [-0.05, 0) is 50.4 Å². The zero-order valence-electron chi connectivity index (χ0n) is 12.9. The number of methoxy groups -OCH3 is 2. The van der Waals surface area contributed by atoms with Gasteiger partial charge in [0.15, 0.2) is 11.5 Å². The molecule has 1 aliphatic carbocycles. The van der Waals surface area contributed by atoms with Gasteiger partial charge in [0.05, 0.1) is 14.2 Å². The molecule has 1 aliphatic rings. The van der Waals surface area contributed by atoms with Crippen molar-refractivity contribution >= 4 is 0 Å². The Balaban J connectivity index is 0.000000399. The third-order valence-corrected chi connectivity index (χ3v) is 3.55. The number of nitrogens with one attached hydrogen (secondary N) is 1. The van der Waals surface area contributed by atoms with Crippen molar-refractivity contribution in [1.82, 2.24) is 5.32 Å². The summed E-state index contributed by atoms with van der Waals surface area (Å²) in [5.74, 6) is 2.57. The van der Waals surface area contributed by atoms with Crippen LogP contribution in [-0.2, 0) is 12.8 Å². The molecule has 1 N–H and O–H groups in total. The summed E-state index contributed by atoms with van der Waals surface area (Å²) in [7, 11) is 5.34.